The molecule has 2 saturated heterocycles. The molecule has 0 saturated carbocycles. The Labute approximate surface area is 201 Å². The minimum atomic E-state index is -0.0201. The summed E-state index contributed by atoms with van der Waals surface area (Å²) in [6.45, 7) is 5.70. The van der Waals surface area contributed by atoms with Gasteiger partial charge >= 0.3 is 0 Å². The lowest BCUT2D eigenvalue weighted by atomic mass is 10.1. The molecule has 2 fully saturated rings. The standard InChI is InChI=1S/C23H26N10O2/c1-15-11-21(30-29-15)26-20-13-22(32-7-9-34-10-8-32)28-23(27-20)33-6-2-3-18(33)19-12-16(31-35-19)17-14-24-4-5-25-17/h4-5,11-14,18H,2-3,6-10H2,1H3,(H2,26,27,28,29,30). The maximum Gasteiger partial charge on any atom is 0.229 e. The monoisotopic (exact) mass is 474 g/mol. The van der Waals surface area contributed by atoms with Crippen LogP contribution in [-0.4, -0.2) is 68.1 Å². The summed E-state index contributed by atoms with van der Waals surface area (Å²) in [4.78, 5) is 22.7. The van der Waals surface area contributed by atoms with Gasteiger partial charge in [-0.3, -0.25) is 15.1 Å². The van der Waals surface area contributed by atoms with Gasteiger partial charge in [0.15, 0.2) is 11.6 Å². The van der Waals surface area contributed by atoms with Gasteiger partial charge in [0, 0.05) is 55.9 Å². The van der Waals surface area contributed by atoms with Gasteiger partial charge < -0.3 is 24.4 Å². The van der Waals surface area contributed by atoms with E-state index in [1.165, 1.54) is 0 Å². The van der Waals surface area contributed by atoms with Crippen LogP contribution in [0, 0.1) is 6.92 Å². The average molecular weight is 475 g/mol. The second kappa shape index (κ2) is 9.29. The number of aromatic amines is 1. The minimum absolute atomic E-state index is 0.0201. The Morgan fingerprint density at radius 3 is 2.74 bits per heavy atom. The van der Waals surface area contributed by atoms with Crippen LogP contribution in [0.5, 0.6) is 0 Å². The largest absolute Gasteiger partial charge is 0.378 e. The topological polar surface area (TPSA) is 134 Å². The summed E-state index contributed by atoms with van der Waals surface area (Å²) in [6.07, 6.45) is 6.88. The van der Waals surface area contributed by atoms with Gasteiger partial charge in [0.05, 0.1) is 25.5 Å². The van der Waals surface area contributed by atoms with Crippen LogP contribution in [0.25, 0.3) is 11.4 Å². The Kier molecular flexibility index (Phi) is 5.70. The second-order valence-electron chi connectivity index (χ2n) is 8.63. The second-order valence-corrected chi connectivity index (χ2v) is 8.63. The molecule has 4 aromatic rings. The molecule has 0 bridgehead atoms. The molecule has 6 heterocycles. The van der Waals surface area contributed by atoms with Crippen molar-refractivity contribution in [2.24, 2.45) is 0 Å². The smallest absolute Gasteiger partial charge is 0.229 e. The fourth-order valence-corrected chi connectivity index (χ4v) is 4.48. The van der Waals surface area contributed by atoms with Gasteiger partial charge in [0.1, 0.15) is 23.0 Å². The van der Waals surface area contributed by atoms with Gasteiger partial charge in [-0.1, -0.05) is 5.16 Å². The number of hydrogen-bond donors (Lipinski definition) is 2. The third-order valence-corrected chi connectivity index (χ3v) is 6.19. The summed E-state index contributed by atoms with van der Waals surface area (Å²) >= 11 is 0. The normalized spacial score (nSPS) is 18.3. The van der Waals surface area contributed by atoms with Crippen LogP contribution < -0.4 is 15.1 Å². The molecule has 0 aromatic carbocycles. The molecular weight excluding hydrogens is 448 g/mol. The number of ether oxygens (including phenoxy) is 1. The number of nitrogens with zero attached hydrogens (tertiary/aromatic N) is 8. The molecule has 12 nitrogen and oxygen atoms in total. The molecule has 35 heavy (non-hydrogen) atoms. The van der Waals surface area contributed by atoms with E-state index in [9.17, 15) is 0 Å². The Balaban J connectivity index is 1.32. The molecule has 0 aliphatic carbocycles. The number of morpholine rings is 1. The van der Waals surface area contributed by atoms with Crippen molar-refractivity contribution >= 4 is 23.4 Å². The van der Waals surface area contributed by atoms with Gasteiger partial charge in [-0.05, 0) is 19.8 Å². The maximum absolute atomic E-state index is 5.76. The molecule has 0 radical (unpaired) electrons. The van der Waals surface area contributed by atoms with Gasteiger partial charge in [-0.25, -0.2) is 0 Å². The van der Waals surface area contributed by atoms with Crippen molar-refractivity contribution < 1.29 is 9.26 Å². The van der Waals surface area contributed by atoms with Crippen LogP contribution in [0.2, 0.25) is 0 Å². The summed E-state index contributed by atoms with van der Waals surface area (Å²) in [5.41, 5.74) is 2.32. The lowest BCUT2D eigenvalue weighted by Gasteiger charge is -2.30. The van der Waals surface area contributed by atoms with Gasteiger partial charge in [-0.2, -0.15) is 15.1 Å². The van der Waals surface area contributed by atoms with E-state index < -0.39 is 0 Å². The lowest BCUT2D eigenvalue weighted by molar-refractivity contribution is 0.122. The molecule has 4 aromatic heterocycles. The van der Waals surface area contributed by atoms with E-state index in [0.29, 0.717) is 42.2 Å². The van der Waals surface area contributed by atoms with Crippen molar-refractivity contribution in [3.05, 3.63) is 48.2 Å². The molecule has 1 unspecified atom stereocenters. The third-order valence-electron chi connectivity index (χ3n) is 6.19. The Hall–Kier alpha value is -4.06. The van der Waals surface area contributed by atoms with Gasteiger partial charge in [0.2, 0.25) is 5.95 Å². The van der Waals surface area contributed by atoms with Crippen LogP contribution >= 0.6 is 0 Å². The van der Waals surface area contributed by atoms with Crippen LogP contribution in [0.3, 0.4) is 0 Å². The van der Waals surface area contributed by atoms with Crippen LogP contribution in [-0.2, 0) is 4.74 Å². The quantitative estimate of drug-likeness (QED) is 0.427. The zero-order chi connectivity index (χ0) is 23.6. The first-order valence-electron chi connectivity index (χ1n) is 11.7. The lowest BCUT2D eigenvalue weighted by Crippen LogP contribution is -2.37. The highest BCUT2D eigenvalue weighted by Crippen LogP contribution is 2.37. The van der Waals surface area contributed by atoms with Crippen molar-refractivity contribution in [1.82, 2.24) is 35.3 Å². The Morgan fingerprint density at radius 2 is 1.94 bits per heavy atom. The van der Waals surface area contributed by atoms with Crippen LogP contribution in [0.1, 0.15) is 30.3 Å². The zero-order valence-electron chi connectivity index (χ0n) is 19.4. The number of nitrogens with one attached hydrogen (secondary N) is 2. The van der Waals surface area contributed by atoms with Crippen molar-refractivity contribution in [3.63, 3.8) is 0 Å². The van der Waals surface area contributed by atoms with Gasteiger partial charge in [-0.15, -0.1) is 0 Å². The Morgan fingerprint density at radius 1 is 1.03 bits per heavy atom. The number of rotatable bonds is 6. The van der Waals surface area contributed by atoms with E-state index in [0.717, 1.165) is 49.7 Å². The summed E-state index contributed by atoms with van der Waals surface area (Å²) in [7, 11) is 0. The molecule has 2 N–H and O–H groups in total. The summed E-state index contributed by atoms with van der Waals surface area (Å²) in [5.74, 6) is 3.66. The third kappa shape index (κ3) is 4.52. The molecule has 2 aliphatic heterocycles. The van der Waals surface area contributed by atoms with E-state index in [2.05, 4.69) is 40.4 Å². The van der Waals surface area contributed by atoms with Crippen LogP contribution in [0.15, 0.2) is 41.3 Å². The number of H-pyrrole nitrogens is 1. The zero-order valence-corrected chi connectivity index (χ0v) is 19.4. The van der Waals surface area contributed by atoms with E-state index in [4.69, 9.17) is 19.2 Å². The van der Waals surface area contributed by atoms with E-state index >= 15 is 0 Å². The average Bonchev–Trinajstić information content (AvgIpc) is 3.66. The Bertz CT molecular complexity index is 1280. The molecule has 1 atom stereocenters. The number of aromatic nitrogens is 7. The highest BCUT2D eigenvalue weighted by molar-refractivity contribution is 5.61. The first kappa shape index (κ1) is 21.5. The molecule has 0 amide bonds. The summed E-state index contributed by atoms with van der Waals surface area (Å²) < 4.78 is 11.3. The molecule has 6 rings (SSSR count). The molecule has 180 valence electrons. The molecular formula is C23H26N10O2. The predicted octanol–water partition coefficient (Wildman–Crippen LogP) is 2.87. The van der Waals surface area contributed by atoms with Crippen molar-refractivity contribution in [1.29, 1.82) is 0 Å². The first-order chi connectivity index (χ1) is 17.2. The minimum Gasteiger partial charge on any atom is -0.378 e. The first-order valence-corrected chi connectivity index (χ1v) is 11.7. The number of aryl methyl sites for hydroxylation is 1. The maximum atomic E-state index is 5.76. The number of anilines is 4. The predicted molar refractivity (Wildman–Crippen MR) is 129 cm³/mol. The molecule has 12 heteroatoms. The summed E-state index contributed by atoms with van der Waals surface area (Å²) in [5, 5.41) is 14.8. The van der Waals surface area contributed by atoms with Crippen molar-refractivity contribution in [2.75, 3.05) is 48.0 Å². The molecule has 2 aliphatic rings. The van der Waals surface area contributed by atoms with E-state index in [1.54, 1.807) is 18.6 Å². The molecule has 0 spiro atoms. The fourth-order valence-electron chi connectivity index (χ4n) is 4.48. The summed E-state index contributed by atoms with van der Waals surface area (Å²) in [6, 6.07) is 5.82. The van der Waals surface area contributed by atoms with E-state index in [1.807, 2.05) is 25.1 Å². The highest BCUT2D eigenvalue weighted by Gasteiger charge is 2.32. The van der Waals surface area contributed by atoms with E-state index in [-0.39, 0.29) is 6.04 Å². The van der Waals surface area contributed by atoms with Gasteiger partial charge in [0.25, 0.3) is 0 Å². The fraction of sp³-hybridized carbons (Fsp3) is 0.391. The SMILES string of the molecule is Cc1cc(Nc2cc(N3CCOCC3)nc(N3CCCC3c3cc(-c4cnccn4)no3)n2)n[nH]1. The van der Waals surface area contributed by atoms with Crippen molar-refractivity contribution in [2.45, 2.75) is 25.8 Å². The van der Waals surface area contributed by atoms with Crippen molar-refractivity contribution in [3.8, 4) is 11.4 Å². The number of hydrogen-bond acceptors (Lipinski definition) is 11. The highest BCUT2D eigenvalue weighted by atomic mass is 16.5. The van der Waals surface area contributed by atoms with Crippen LogP contribution in [0.4, 0.5) is 23.4 Å².